The first-order chi connectivity index (χ1) is 12.8. The molecule has 0 aliphatic carbocycles. The molecule has 3 aromatic rings. The van der Waals surface area contributed by atoms with E-state index >= 15 is 0 Å². The van der Waals surface area contributed by atoms with Crippen LogP contribution in [0.4, 0.5) is 5.69 Å². The maximum absolute atomic E-state index is 5.63. The van der Waals surface area contributed by atoms with Gasteiger partial charge in [0.05, 0.1) is 23.4 Å². The normalized spacial score (nSPS) is 15.4. The Morgan fingerprint density at radius 3 is 2.92 bits per heavy atom. The third kappa shape index (κ3) is 3.57. The van der Waals surface area contributed by atoms with Gasteiger partial charge in [-0.15, -0.1) is 0 Å². The summed E-state index contributed by atoms with van der Waals surface area (Å²) in [7, 11) is 0. The number of aromatic nitrogens is 3. The van der Waals surface area contributed by atoms with E-state index in [9.17, 15) is 0 Å². The lowest BCUT2D eigenvalue weighted by molar-refractivity contribution is 0.343. The van der Waals surface area contributed by atoms with Gasteiger partial charge in [-0.1, -0.05) is 18.2 Å². The maximum Gasteiger partial charge on any atom is 0.0761 e. The van der Waals surface area contributed by atoms with E-state index in [4.69, 9.17) is 10.7 Å². The summed E-state index contributed by atoms with van der Waals surface area (Å²) in [5.41, 5.74) is 9.76. The van der Waals surface area contributed by atoms with E-state index in [2.05, 4.69) is 44.8 Å². The Bertz CT molecular complexity index is 866. The fourth-order valence-corrected chi connectivity index (χ4v) is 3.54. The van der Waals surface area contributed by atoms with E-state index < -0.39 is 0 Å². The maximum atomic E-state index is 5.63. The van der Waals surface area contributed by atoms with Crippen molar-refractivity contribution in [2.75, 3.05) is 31.5 Å². The molecule has 1 aliphatic rings. The second-order valence-corrected chi connectivity index (χ2v) is 6.83. The molecule has 2 aromatic heterocycles. The number of anilines is 1. The average molecular weight is 350 g/mol. The summed E-state index contributed by atoms with van der Waals surface area (Å²) in [6.45, 7) is 3.66. The second-order valence-electron chi connectivity index (χ2n) is 6.83. The highest BCUT2D eigenvalue weighted by Gasteiger charge is 2.17. The number of nitrogens with one attached hydrogen (secondary N) is 2. The molecule has 6 nitrogen and oxygen atoms in total. The van der Waals surface area contributed by atoms with E-state index in [0.29, 0.717) is 12.6 Å². The topological polar surface area (TPSA) is 80.8 Å². The van der Waals surface area contributed by atoms with Gasteiger partial charge in [0.25, 0.3) is 0 Å². The van der Waals surface area contributed by atoms with Crippen LogP contribution in [0.15, 0.2) is 42.7 Å². The van der Waals surface area contributed by atoms with Gasteiger partial charge < -0.3 is 16.4 Å². The van der Waals surface area contributed by atoms with Gasteiger partial charge in [0.2, 0.25) is 0 Å². The zero-order chi connectivity index (χ0) is 17.8. The third-order valence-electron chi connectivity index (χ3n) is 4.99. The van der Waals surface area contributed by atoms with Crippen LogP contribution in [0, 0.1) is 0 Å². The van der Waals surface area contributed by atoms with Gasteiger partial charge in [0.15, 0.2) is 0 Å². The van der Waals surface area contributed by atoms with E-state index in [0.717, 1.165) is 66.7 Å². The largest absolute Gasteiger partial charge is 0.384 e. The van der Waals surface area contributed by atoms with Gasteiger partial charge in [-0.25, -0.2) is 4.98 Å². The van der Waals surface area contributed by atoms with Crippen molar-refractivity contribution in [2.45, 2.75) is 25.3 Å². The minimum atomic E-state index is 0.479. The molecule has 1 aromatic carbocycles. The molecule has 0 amide bonds. The van der Waals surface area contributed by atoms with Crippen molar-refractivity contribution in [3.63, 3.8) is 0 Å². The number of fused-ring (bicyclic) bond motifs is 1. The lowest BCUT2D eigenvalue weighted by atomic mass is 10.1. The van der Waals surface area contributed by atoms with Gasteiger partial charge in [-0.05, 0) is 51.0 Å². The Morgan fingerprint density at radius 1 is 1.23 bits per heavy atom. The molecule has 0 bridgehead atoms. The van der Waals surface area contributed by atoms with Crippen molar-refractivity contribution >= 4 is 16.6 Å². The van der Waals surface area contributed by atoms with Crippen LogP contribution in [0.1, 0.15) is 25.3 Å². The van der Waals surface area contributed by atoms with Crippen molar-refractivity contribution in [3.05, 3.63) is 42.7 Å². The van der Waals surface area contributed by atoms with Crippen LogP contribution in [0.5, 0.6) is 0 Å². The molecule has 6 heteroatoms. The van der Waals surface area contributed by atoms with E-state index in [1.54, 1.807) is 0 Å². The van der Waals surface area contributed by atoms with E-state index in [1.807, 2.05) is 18.3 Å². The van der Waals surface area contributed by atoms with Crippen LogP contribution in [0.3, 0.4) is 0 Å². The molecule has 1 aliphatic heterocycles. The standard InChI is InChI=1S/C20H26N6/c21-8-3-9-23-20-12-19(25-18-5-2-1-4-17(18)20)15-13-24-26(14-15)16-6-10-22-11-7-16/h1-2,4-5,12-14,16,22H,3,6-11,21H2,(H,23,25). The fraction of sp³-hybridized carbons (Fsp3) is 0.400. The van der Waals surface area contributed by atoms with Crippen LogP contribution in [0.25, 0.3) is 22.2 Å². The summed E-state index contributed by atoms with van der Waals surface area (Å²) in [6, 6.07) is 10.9. The molecule has 0 radical (unpaired) electrons. The molecule has 0 atom stereocenters. The number of piperidine rings is 1. The summed E-state index contributed by atoms with van der Waals surface area (Å²) < 4.78 is 2.11. The second kappa shape index (κ2) is 7.85. The minimum Gasteiger partial charge on any atom is -0.384 e. The van der Waals surface area contributed by atoms with Gasteiger partial charge in [-0.2, -0.15) is 5.10 Å². The molecular weight excluding hydrogens is 324 g/mol. The smallest absolute Gasteiger partial charge is 0.0761 e. The van der Waals surface area contributed by atoms with Crippen LogP contribution in [-0.2, 0) is 0 Å². The van der Waals surface area contributed by atoms with Crippen LogP contribution >= 0.6 is 0 Å². The predicted molar refractivity (Wildman–Crippen MR) is 106 cm³/mol. The Morgan fingerprint density at radius 2 is 2.08 bits per heavy atom. The highest BCUT2D eigenvalue weighted by Crippen LogP contribution is 2.29. The van der Waals surface area contributed by atoms with Crippen LogP contribution < -0.4 is 16.4 Å². The fourth-order valence-electron chi connectivity index (χ4n) is 3.54. The number of nitrogens with two attached hydrogens (primary N) is 1. The highest BCUT2D eigenvalue weighted by molar-refractivity contribution is 5.93. The molecule has 0 spiro atoms. The van der Waals surface area contributed by atoms with Gasteiger partial charge in [0, 0.05) is 29.4 Å². The molecule has 26 heavy (non-hydrogen) atoms. The monoisotopic (exact) mass is 350 g/mol. The molecular formula is C20H26N6. The quantitative estimate of drug-likeness (QED) is 0.596. The molecule has 0 unspecified atom stereocenters. The first kappa shape index (κ1) is 17.0. The minimum absolute atomic E-state index is 0.479. The van der Waals surface area contributed by atoms with Crippen LogP contribution in [-0.4, -0.2) is 40.9 Å². The highest BCUT2D eigenvalue weighted by atomic mass is 15.3. The zero-order valence-corrected chi connectivity index (χ0v) is 15.0. The average Bonchev–Trinajstić information content (AvgIpc) is 3.19. The number of rotatable bonds is 6. The number of hydrogen-bond donors (Lipinski definition) is 3. The van der Waals surface area contributed by atoms with Crippen molar-refractivity contribution in [3.8, 4) is 11.3 Å². The Hall–Kier alpha value is -2.44. The molecule has 1 fully saturated rings. The van der Waals surface area contributed by atoms with Crippen molar-refractivity contribution in [1.82, 2.24) is 20.1 Å². The summed E-state index contributed by atoms with van der Waals surface area (Å²) >= 11 is 0. The number of benzene rings is 1. The van der Waals surface area contributed by atoms with Gasteiger partial charge >= 0.3 is 0 Å². The number of nitrogens with zero attached hydrogens (tertiary/aromatic N) is 3. The Kier molecular flexibility index (Phi) is 5.13. The molecule has 0 saturated carbocycles. The third-order valence-corrected chi connectivity index (χ3v) is 4.99. The first-order valence-corrected chi connectivity index (χ1v) is 9.44. The molecule has 4 N–H and O–H groups in total. The summed E-state index contributed by atoms with van der Waals surface area (Å²) in [5, 5.41) is 12.7. The number of hydrogen-bond acceptors (Lipinski definition) is 5. The van der Waals surface area contributed by atoms with Gasteiger partial charge in [-0.3, -0.25) is 4.68 Å². The van der Waals surface area contributed by atoms with E-state index in [-0.39, 0.29) is 0 Å². The summed E-state index contributed by atoms with van der Waals surface area (Å²) in [4.78, 5) is 4.86. The Labute approximate surface area is 153 Å². The first-order valence-electron chi connectivity index (χ1n) is 9.44. The van der Waals surface area contributed by atoms with Crippen molar-refractivity contribution in [2.24, 2.45) is 5.73 Å². The lowest BCUT2D eigenvalue weighted by Gasteiger charge is -2.22. The number of para-hydroxylation sites is 1. The molecule has 1 saturated heterocycles. The zero-order valence-electron chi connectivity index (χ0n) is 15.0. The number of pyridine rings is 1. The summed E-state index contributed by atoms with van der Waals surface area (Å²) in [5.74, 6) is 0. The van der Waals surface area contributed by atoms with Gasteiger partial charge in [0.1, 0.15) is 0 Å². The molecule has 4 rings (SSSR count). The van der Waals surface area contributed by atoms with Crippen LogP contribution in [0.2, 0.25) is 0 Å². The molecule has 136 valence electrons. The predicted octanol–water partition coefficient (Wildman–Crippen LogP) is 2.78. The SMILES string of the molecule is NCCCNc1cc(-c2cnn(C3CCNCC3)c2)nc2ccccc12. The van der Waals surface area contributed by atoms with Crippen molar-refractivity contribution in [1.29, 1.82) is 0 Å². The van der Waals surface area contributed by atoms with E-state index in [1.165, 1.54) is 0 Å². The molecule has 3 heterocycles. The Balaban J connectivity index is 1.66. The summed E-state index contributed by atoms with van der Waals surface area (Å²) in [6.07, 6.45) is 7.26. The van der Waals surface area contributed by atoms with Crippen molar-refractivity contribution < 1.29 is 0 Å². The lowest BCUT2D eigenvalue weighted by Crippen LogP contribution is -2.29.